The van der Waals surface area contributed by atoms with Crippen LogP contribution in [0.3, 0.4) is 0 Å². The fourth-order valence-corrected chi connectivity index (χ4v) is 1.98. The summed E-state index contributed by atoms with van der Waals surface area (Å²) in [6.45, 7) is 7.10. The third-order valence-corrected chi connectivity index (χ3v) is 2.93. The lowest BCUT2D eigenvalue weighted by Crippen LogP contribution is -2.35. The van der Waals surface area contributed by atoms with Gasteiger partial charge in [0, 0.05) is 19.2 Å². The fraction of sp³-hybridized carbons (Fsp3) is 0.900. The van der Waals surface area contributed by atoms with Gasteiger partial charge in [0.05, 0.1) is 12.5 Å². The molecule has 14 heavy (non-hydrogen) atoms. The van der Waals surface area contributed by atoms with Crippen LogP contribution in [0, 0.1) is 5.92 Å². The minimum Gasteiger partial charge on any atom is -0.481 e. The lowest BCUT2D eigenvalue weighted by molar-refractivity contribution is -0.142. The van der Waals surface area contributed by atoms with Crippen LogP contribution in [0.5, 0.6) is 0 Å². The molecule has 1 heterocycles. The summed E-state index contributed by atoms with van der Waals surface area (Å²) < 4.78 is 5.25. The Morgan fingerprint density at radius 1 is 1.64 bits per heavy atom. The topological polar surface area (TPSA) is 49.8 Å². The molecule has 1 aliphatic rings. The quantitative estimate of drug-likeness (QED) is 0.669. The van der Waals surface area contributed by atoms with Gasteiger partial charge < -0.3 is 9.84 Å². The van der Waals surface area contributed by atoms with Gasteiger partial charge in [-0.2, -0.15) is 0 Å². The van der Waals surface area contributed by atoms with Crippen LogP contribution in [-0.4, -0.2) is 48.3 Å². The summed E-state index contributed by atoms with van der Waals surface area (Å²) in [4.78, 5) is 13.0. The van der Waals surface area contributed by atoms with E-state index in [1.165, 1.54) is 0 Å². The van der Waals surface area contributed by atoms with Gasteiger partial charge in [0.1, 0.15) is 0 Å². The Balaban J connectivity index is 2.32. The number of hydrogen-bond donors (Lipinski definition) is 1. The average Bonchev–Trinajstić information content (AvgIpc) is 2.48. The predicted molar refractivity (Wildman–Crippen MR) is 53.3 cm³/mol. The molecule has 0 radical (unpaired) electrons. The highest BCUT2D eigenvalue weighted by atomic mass is 16.5. The van der Waals surface area contributed by atoms with E-state index in [0.29, 0.717) is 6.61 Å². The van der Waals surface area contributed by atoms with Gasteiger partial charge in [-0.3, -0.25) is 9.69 Å². The smallest absolute Gasteiger partial charge is 0.308 e. The van der Waals surface area contributed by atoms with Crippen LogP contribution < -0.4 is 0 Å². The van der Waals surface area contributed by atoms with E-state index >= 15 is 0 Å². The Labute approximate surface area is 84.8 Å². The maximum absolute atomic E-state index is 10.8. The highest BCUT2D eigenvalue weighted by Crippen LogP contribution is 2.23. The van der Waals surface area contributed by atoms with E-state index in [9.17, 15) is 4.79 Å². The Morgan fingerprint density at radius 2 is 2.36 bits per heavy atom. The number of hydrogen-bond acceptors (Lipinski definition) is 3. The largest absolute Gasteiger partial charge is 0.481 e. The molecule has 1 aliphatic heterocycles. The van der Waals surface area contributed by atoms with Crippen LogP contribution >= 0.6 is 0 Å². The first-order valence-corrected chi connectivity index (χ1v) is 5.21. The average molecular weight is 201 g/mol. The van der Waals surface area contributed by atoms with Crippen LogP contribution in [0.1, 0.15) is 20.3 Å². The molecule has 0 aromatic heterocycles. The van der Waals surface area contributed by atoms with Crippen LogP contribution in [-0.2, 0) is 9.53 Å². The molecule has 0 aromatic rings. The summed E-state index contributed by atoms with van der Waals surface area (Å²) in [5.74, 6) is -0.868. The second kappa shape index (κ2) is 5.32. The molecular weight excluding hydrogens is 182 g/mol. The van der Waals surface area contributed by atoms with E-state index in [1.54, 1.807) is 0 Å². The number of carboxylic acid groups (broad SMARTS) is 1. The number of likely N-dealkylation sites (tertiary alicyclic amines) is 1. The first-order chi connectivity index (χ1) is 6.66. The van der Waals surface area contributed by atoms with Crippen LogP contribution in [0.4, 0.5) is 0 Å². The van der Waals surface area contributed by atoms with Gasteiger partial charge in [0.25, 0.3) is 0 Å². The van der Waals surface area contributed by atoms with Crippen LogP contribution in [0.2, 0.25) is 0 Å². The Morgan fingerprint density at radius 3 is 2.86 bits per heavy atom. The van der Waals surface area contributed by atoms with Crippen molar-refractivity contribution < 1.29 is 14.6 Å². The van der Waals surface area contributed by atoms with Crippen molar-refractivity contribution in [3.05, 3.63) is 0 Å². The molecule has 1 saturated heterocycles. The van der Waals surface area contributed by atoms with Gasteiger partial charge in [0.15, 0.2) is 0 Å². The van der Waals surface area contributed by atoms with E-state index in [4.69, 9.17) is 9.84 Å². The van der Waals surface area contributed by atoms with E-state index < -0.39 is 5.97 Å². The zero-order valence-corrected chi connectivity index (χ0v) is 8.90. The van der Waals surface area contributed by atoms with Crippen molar-refractivity contribution in [2.75, 3.05) is 26.3 Å². The summed E-state index contributed by atoms with van der Waals surface area (Å²) in [6.07, 6.45) is 0.766. The van der Waals surface area contributed by atoms with Crippen molar-refractivity contribution in [1.29, 1.82) is 0 Å². The molecule has 2 unspecified atom stereocenters. The van der Waals surface area contributed by atoms with Gasteiger partial charge in [-0.05, 0) is 26.8 Å². The molecule has 0 aromatic carbocycles. The number of carboxylic acids is 1. The zero-order valence-electron chi connectivity index (χ0n) is 8.90. The number of carbonyl (C=O) groups is 1. The fourth-order valence-electron chi connectivity index (χ4n) is 1.98. The van der Waals surface area contributed by atoms with E-state index in [-0.39, 0.29) is 12.0 Å². The van der Waals surface area contributed by atoms with Gasteiger partial charge in [-0.1, -0.05) is 0 Å². The van der Waals surface area contributed by atoms with Gasteiger partial charge >= 0.3 is 5.97 Å². The third kappa shape index (κ3) is 2.69. The highest BCUT2D eigenvalue weighted by Gasteiger charge is 2.34. The number of rotatable bonds is 5. The summed E-state index contributed by atoms with van der Waals surface area (Å²) in [6, 6.07) is 0.146. The molecule has 4 heteroatoms. The minimum absolute atomic E-state index is 0.146. The van der Waals surface area contributed by atoms with Gasteiger partial charge in [0.2, 0.25) is 0 Å². The van der Waals surface area contributed by atoms with Gasteiger partial charge in [-0.25, -0.2) is 0 Å². The predicted octanol–water partition coefficient (Wildman–Crippen LogP) is 0.818. The van der Waals surface area contributed by atoms with Crippen molar-refractivity contribution in [3.63, 3.8) is 0 Å². The summed E-state index contributed by atoms with van der Waals surface area (Å²) in [5, 5.41) is 8.92. The lowest BCUT2D eigenvalue weighted by Gasteiger charge is -2.22. The van der Waals surface area contributed by atoms with E-state index in [1.807, 2.05) is 13.8 Å². The summed E-state index contributed by atoms with van der Waals surface area (Å²) in [7, 11) is 0. The van der Waals surface area contributed by atoms with E-state index in [0.717, 1.165) is 26.1 Å². The molecule has 1 N–H and O–H groups in total. The first kappa shape index (κ1) is 11.5. The normalized spacial score (nSPS) is 28.1. The molecular formula is C10H19NO3. The molecule has 0 saturated carbocycles. The zero-order chi connectivity index (χ0) is 10.6. The van der Waals surface area contributed by atoms with Crippen molar-refractivity contribution in [2.24, 2.45) is 5.92 Å². The van der Waals surface area contributed by atoms with Crippen molar-refractivity contribution in [1.82, 2.24) is 4.90 Å². The lowest BCUT2D eigenvalue weighted by atomic mass is 10.0. The molecule has 0 bridgehead atoms. The molecule has 4 nitrogen and oxygen atoms in total. The van der Waals surface area contributed by atoms with Crippen molar-refractivity contribution in [2.45, 2.75) is 26.3 Å². The van der Waals surface area contributed by atoms with E-state index in [2.05, 4.69) is 4.90 Å². The Hall–Kier alpha value is -0.610. The maximum atomic E-state index is 10.8. The summed E-state index contributed by atoms with van der Waals surface area (Å²) >= 11 is 0. The molecule has 0 aliphatic carbocycles. The highest BCUT2D eigenvalue weighted by molar-refractivity contribution is 5.71. The minimum atomic E-state index is -0.670. The molecule has 2 atom stereocenters. The number of nitrogens with zero attached hydrogens (tertiary/aromatic N) is 1. The monoisotopic (exact) mass is 201 g/mol. The summed E-state index contributed by atoms with van der Waals surface area (Å²) in [5.41, 5.74) is 0. The maximum Gasteiger partial charge on any atom is 0.308 e. The molecule has 82 valence electrons. The van der Waals surface area contributed by atoms with Gasteiger partial charge in [-0.15, -0.1) is 0 Å². The van der Waals surface area contributed by atoms with Crippen LogP contribution in [0.25, 0.3) is 0 Å². The molecule has 1 rings (SSSR count). The number of ether oxygens (including phenoxy) is 1. The number of aliphatic carboxylic acids is 1. The van der Waals surface area contributed by atoms with Crippen molar-refractivity contribution in [3.8, 4) is 0 Å². The van der Waals surface area contributed by atoms with Crippen molar-refractivity contribution >= 4 is 5.97 Å². The third-order valence-electron chi connectivity index (χ3n) is 2.93. The second-order valence-corrected chi connectivity index (χ2v) is 3.71. The van der Waals surface area contributed by atoms with Crippen LogP contribution in [0.15, 0.2) is 0 Å². The molecule has 0 spiro atoms. The second-order valence-electron chi connectivity index (χ2n) is 3.71. The SMILES string of the molecule is CCOCCN1CCC(C(=O)O)C1C. The Bertz CT molecular complexity index is 196. The first-order valence-electron chi connectivity index (χ1n) is 5.21. The molecule has 0 amide bonds. The molecule has 1 fully saturated rings. The Kier molecular flexibility index (Phi) is 4.35. The standard InChI is InChI=1S/C10H19NO3/c1-3-14-7-6-11-5-4-9(8(11)2)10(12)13/h8-9H,3-7H2,1-2H3,(H,12,13).